The number of nitrogens with one attached hydrogen (secondary N) is 1. The van der Waals surface area contributed by atoms with Gasteiger partial charge in [-0.25, -0.2) is 9.18 Å². The highest BCUT2D eigenvalue weighted by Gasteiger charge is 2.34. The highest BCUT2D eigenvalue weighted by molar-refractivity contribution is 6.31. The summed E-state index contributed by atoms with van der Waals surface area (Å²) in [6.07, 6.45) is 0.275. The van der Waals surface area contributed by atoms with Crippen LogP contribution in [0.3, 0.4) is 0 Å². The lowest BCUT2D eigenvalue weighted by Crippen LogP contribution is -2.44. The van der Waals surface area contributed by atoms with Gasteiger partial charge in [0.25, 0.3) is 5.91 Å². The molecule has 0 saturated heterocycles. The summed E-state index contributed by atoms with van der Waals surface area (Å²) in [5, 5.41) is 25.7. The van der Waals surface area contributed by atoms with Crippen LogP contribution in [0, 0.1) is 17.1 Å². The molecule has 4 rings (SSSR count). The molecule has 1 aliphatic rings. The molecule has 0 aliphatic carbocycles. The van der Waals surface area contributed by atoms with E-state index in [1.807, 2.05) is 6.07 Å². The largest absolute Gasteiger partial charge is 0.396 e. The molecule has 0 radical (unpaired) electrons. The van der Waals surface area contributed by atoms with Crippen LogP contribution in [-0.4, -0.2) is 44.9 Å². The van der Waals surface area contributed by atoms with Gasteiger partial charge in [0.15, 0.2) is 0 Å². The van der Waals surface area contributed by atoms with Crippen molar-refractivity contribution in [2.75, 3.05) is 18.5 Å². The number of aromatic nitrogens is 2. The second-order valence-electron chi connectivity index (χ2n) is 7.77. The maximum Gasteiger partial charge on any atom is 0.322 e. The fraction of sp³-hybridized carbons (Fsp3) is 0.217. The van der Waals surface area contributed by atoms with Crippen molar-refractivity contribution in [3.63, 3.8) is 0 Å². The van der Waals surface area contributed by atoms with Crippen molar-refractivity contribution in [3.8, 4) is 17.3 Å². The lowest BCUT2D eigenvalue weighted by molar-refractivity contribution is 0.0996. The van der Waals surface area contributed by atoms with E-state index in [1.54, 1.807) is 28.9 Å². The Morgan fingerprint density at radius 2 is 2.03 bits per heavy atom. The highest BCUT2D eigenvalue weighted by atomic mass is 35.5. The van der Waals surface area contributed by atoms with Crippen molar-refractivity contribution in [1.29, 1.82) is 5.26 Å². The zero-order chi connectivity index (χ0) is 24.4. The van der Waals surface area contributed by atoms with Gasteiger partial charge in [0.2, 0.25) is 0 Å². The quantitative estimate of drug-likeness (QED) is 0.512. The smallest absolute Gasteiger partial charge is 0.322 e. The number of amides is 3. The summed E-state index contributed by atoms with van der Waals surface area (Å²) >= 11 is 5.92. The molecule has 34 heavy (non-hydrogen) atoms. The topological polar surface area (TPSA) is 137 Å². The number of primary amides is 1. The molecule has 1 aliphatic heterocycles. The Hall–Kier alpha value is -3.94. The first-order valence-corrected chi connectivity index (χ1v) is 10.7. The van der Waals surface area contributed by atoms with Gasteiger partial charge in [-0.15, -0.1) is 0 Å². The van der Waals surface area contributed by atoms with Crippen LogP contribution in [0.5, 0.6) is 0 Å². The van der Waals surface area contributed by atoms with Crippen LogP contribution >= 0.6 is 11.6 Å². The summed E-state index contributed by atoms with van der Waals surface area (Å²) in [4.78, 5) is 26.9. The molecule has 0 bridgehead atoms. The van der Waals surface area contributed by atoms with Gasteiger partial charge < -0.3 is 21.1 Å². The Balaban J connectivity index is 1.70. The number of hydrogen-bond acceptors (Lipinski definition) is 5. The molecule has 0 unspecified atom stereocenters. The van der Waals surface area contributed by atoms with E-state index in [4.69, 9.17) is 22.6 Å². The Morgan fingerprint density at radius 1 is 1.29 bits per heavy atom. The molecule has 9 nitrogen and oxygen atoms in total. The molecule has 2 heterocycles. The first-order chi connectivity index (χ1) is 16.3. The van der Waals surface area contributed by atoms with Crippen molar-refractivity contribution in [1.82, 2.24) is 14.7 Å². The number of carbonyl (C=O) groups excluding carboxylic acids is 2. The molecule has 2 aromatic carbocycles. The Labute approximate surface area is 199 Å². The van der Waals surface area contributed by atoms with Crippen LogP contribution in [0.25, 0.3) is 11.3 Å². The summed E-state index contributed by atoms with van der Waals surface area (Å²) < 4.78 is 15.3. The number of nitrogens with zero attached hydrogens (tertiary/aromatic N) is 4. The SMILES string of the molecule is N#Cc1ccc(NC(=O)N2Cc3c(C(N)=O)c(-c4ccc(F)c(Cl)c4)nn3[C@@H](CCO)C2)cc1. The number of halogens is 2. The zero-order valence-electron chi connectivity index (χ0n) is 17.8. The number of nitrogens with two attached hydrogens (primary N) is 1. The maximum atomic E-state index is 13.7. The summed E-state index contributed by atoms with van der Waals surface area (Å²) in [5.74, 6) is -1.37. The fourth-order valence-corrected chi connectivity index (χ4v) is 4.13. The summed E-state index contributed by atoms with van der Waals surface area (Å²) in [6.45, 7) is 0.0854. The van der Waals surface area contributed by atoms with Crippen LogP contribution in [0.1, 0.15) is 34.1 Å². The number of aliphatic hydroxyl groups is 1. The molecule has 4 N–H and O–H groups in total. The van der Waals surface area contributed by atoms with Crippen molar-refractivity contribution in [2.24, 2.45) is 5.73 Å². The number of anilines is 1. The summed E-state index contributed by atoms with van der Waals surface area (Å²) in [6, 6.07) is 11.5. The van der Waals surface area contributed by atoms with Crippen LogP contribution in [0.4, 0.5) is 14.9 Å². The molecule has 1 aromatic heterocycles. The third-order valence-corrected chi connectivity index (χ3v) is 5.87. The second kappa shape index (κ2) is 9.51. The molecular weight excluding hydrogens is 463 g/mol. The van der Waals surface area contributed by atoms with E-state index >= 15 is 0 Å². The summed E-state index contributed by atoms with van der Waals surface area (Å²) in [5.41, 5.74) is 7.77. The molecule has 0 fully saturated rings. The van der Waals surface area contributed by atoms with E-state index in [2.05, 4.69) is 10.4 Å². The predicted octanol–water partition coefficient (Wildman–Crippen LogP) is 3.28. The molecule has 3 amide bonds. The minimum Gasteiger partial charge on any atom is -0.396 e. The lowest BCUT2D eigenvalue weighted by atomic mass is 10.0. The Morgan fingerprint density at radius 3 is 2.65 bits per heavy atom. The molecule has 3 aromatic rings. The van der Waals surface area contributed by atoms with Crippen molar-refractivity contribution in [3.05, 3.63) is 70.1 Å². The van der Waals surface area contributed by atoms with Crippen LogP contribution in [-0.2, 0) is 6.54 Å². The molecule has 11 heteroatoms. The number of fused-ring (bicyclic) bond motifs is 1. The van der Waals surface area contributed by atoms with E-state index in [0.717, 1.165) is 0 Å². The van der Waals surface area contributed by atoms with E-state index < -0.39 is 23.8 Å². The maximum absolute atomic E-state index is 13.7. The third-order valence-electron chi connectivity index (χ3n) is 5.58. The number of carbonyl (C=O) groups is 2. The van der Waals surface area contributed by atoms with Gasteiger partial charge in [-0.2, -0.15) is 10.4 Å². The average Bonchev–Trinajstić information content (AvgIpc) is 3.21. The monoisotopic (exact) mass is 482 g/mol. The zero-order valence-corrected chi connectivity index (χ0v) is 18.6. The lowest BCUT2D eigenvalue weighted by Gasteiger charge is -2.34. The van der Waals surface area contributed by atoms with Crippen molar-refractivity contribution >= 4 is 29.2 Å². The second-order valence-corrected chi connectivity index (χ2v) is 8.18. The Kier molecular flexibility index (Phi) is 6.49. The minimum atomic E-state index is -0.756. The number of urea groups is 1. The van der Waals surface area contributed by atoms with Gasteiger partial charge in [-0.05, 0) is 48.9 Å². The van der Waals surface area contributed by atoms with E-state index in [9.17, 15) is 19.1 Å². The van der Waals surface area contributed by atoms with E-state index in [1.165, 1.54) is 23.1 Å². The van der Waals surface area contributed by atoms with Crippen LogP contribution in [0.15, 0.2) is 42.5 Å². The van der Waals surface area contributed by atoms with Crippen LogP contribution < -0.4 is 11.1 Å². The molecular formula is C23H20ClFN6O3. The number of hydrogen-bond donors (Lipinski definition) is 3. The van der Waals surface area contributed by atoms with Gasteiger partial charge >= 0.3 is 6.03 Å². The van der Waals surface area contributed by atoms with Gasteiger partial charge in [0, 0.05) is 24.4 Å². The van der Waals surface area contributed by atoms with Crippen molar-refractivity contribution < 1.29 is 19.1 Å². The number of benzene rings is 2. The number of rotatable bonds is 5. The third kappa shape index (κ3) is 4.44. The van der Waals surface area contributed by atoms with Crippen molar-refractivity contribution in [2.45, 2.75) is 19.0 Å². The van der Waals surface area contributed by atoms with Gasteiger partial charge in [-0.1, -0.05) is 11.6 Å². The van der Waals surface area contributed by atoms with E-state index in [-0.39, 0.29) is 42.4 Å². The predicted molar refractivity (Wildman–Crippen MR) is 122 cm³/mol. The van der Waals surface area contributed by atoms with Gasteiger partial charge in [0.05, 0.1) is 40.5 Å². The Bertz CT molecular complexity index is 1300. The minimum absolute atomic E-state index is 0.0320. The number of aliphatic hydroxyl groups excluding tert-OH is 1. The van der Waals surface area contributed by atoms with Crippen LogP contribution in [0.2, 0.25) is 5.02 Å². The van der Waals surface area contributed by atoms with Gasteiger partial charge in [0.1, 0.15) is 11.5 Å². The normalized spacial score (nSPS) is 14.9. The first-order valence-electron chi connectivity index (χ1n) is 10.4. The summed E-state index contributed by atoms with van der Waals surface area (Å²) in [7, 11) is 0. The molecule has 1 atom stereocenters. The molecule has 174 valence electrons. The standard InChI is InChI=1S/C23H20ClFN6O3/c24-17-9-14(3-6-18(17)25)21-20(22(27)33)19-12-30(11-16(7-8-32)31(19)29-21)23(34)28-15-4-1-13(10-26)2-5-15/h1-6,9,16,32H,7-8,11-12H2,(H2,27,33)(H,28,34)/t16-/m0/s1. The van der Waals surface area contributed by atoms with E-state index in [0.29, 0.717) is 22.5 Å². The number of nitriles is 1. The average molecular weight is 483 g/mol. The fourth-order valence-electron chi connectivity index (χ4n) is 3.95. The van der Waals surface area contributed by atoms with Gasteiger partial charge in [-0.3, -0.25) is 9.48 Å². The molecule has 0 spiro atoms. The molecule has 0 saturated carbocycles. The highest BCUT2D eigenvalue weighted by Crippen LogP contribution is 2.34. The first kappa shape index (κ1) is 23.2.